The fourth-order valence-electron chi connectivity index (χ4n) is 4.97. The van der Waals surface area contributed by atoms with Gasteiger partial charge in [0.15, 0.2) is 24.4 Å². The van der Waals surface area contributed by atoms with Crippen LogP contribution in [0.1, 0.15) is 41.5 Å². The van der Waals surface area contributed by atoms with Gasteiger partial charge in [-0.25, -0.2) is 0 Å². The van der Waals surface area contributed by atoms with Gasteiger partial charge in [0.1, 0.15) is 24.9 Å². The number of rotatable bonds is 10. The molecule has 2 aliphatic heterocycles. The summed E-state index contributed by atoms with van der Waals surface area (Å²) in [5.41, 5.74) is -1.69. The van der Waals surface area contributed by atoms with Crippen molar-refractivity contribution >= 4 is 35.8 Å². The number of fused-ring (bicyclic) bond motifs is 1. The summed E-state index contributed by atoms with van der Waals surface area (Å²) in [6.07, 6.45) is -6.47. The van der Waals surface area contributed by atoms with Crippen LogP contribution in [0.5, 0.6) is 0 Å². The van der Waals surface area contributed by atoms with E-state index in [1.165, 1.54) is 19.1 Å². The van der Waals surface area contributed by atoms with Gasteiger partial charge >= 0.3 is 35.8 Å². The second kappa shape index (κ2) is 14.0. The fraction of sp³-hybridized carbons (Fsp3) is 0.630. The zero-order chi connectivity index (χ0) is 32.1. The first-order chi connectivity index (χ1) is 20.1. The van der Waals surface area contributed by atoms with Crippen LogP contribution in [0.25, 0.3) is 0 Å². The molecule has 0 aromatic rings. The third kappa shape index (κ3) is 8.30. The molecule has 3 rings (SSSR count). The normalized spacial score (nSPS) is 32.7. The Morgan fingerprint density at radius 1 is 0.744 bits per heavy atom. The van der Waals surface area contributed by atoms with Crippen molar-refractivity contribution in [3.63, 3.8) is 0 Å². The first-order valence-corrected chi connectivity index (χ1v) is 13.1. The van der Waals surface area contributed by atoms with Gasteiger partial charge in [-0.15, -0.1) is 0 Å². The predicted molar refractivity (Wildman–Crippen MR) is 136 cm³/mol. The van der Waals surface area contributed by atoms with E-state index in [0.717, 1.165) is 40.9 Å². The molecule has 0 bridgehead atoms. The second-order valence-electron chi connectivity index (χ2n) is 9.93. The van der Waals surface area contributed by atoms with E-state index in [9.17, 15) is 33.9 Å². The van der Waals surface area contributed by atoms with Gasteiger partial charge in [0, 0.05) is 41.5 Å². The average Bonchev–Trinajstić information content (AvgIpc) is 3.15. The number of hydrogen-bond acceptors (Lipinski definition) is 16. The first-order valence-electron chi connectivity index (χ1n) is 13.1. The average molecular weight is 615 g/mol. The van der Waals surface area contributed by atoms with Crippen LogP contribution in [0.15, 0.2) is 24.0 Å². The highest BCUT2D eigenvalue weighted by atomic mass is 16.8. The molecule has 0 amide bonds. The zero-order valence-corrected chi connectivity index (χ0v) is 24.3. The van der Waals surface area contributed by atoms with Gasteiger partial charge in [-0.05, 0) is 17.7 Å². The van der Waals surface area contributed by atoms with E-state index in [1.807, 2.05) is 0 Å². The van der Waals surface area contributed by atoms with E-state index >= 15 is 0 Å². The van der Waals surface area contributed by atoms with Crippen molar-refractivity contribution in [2.24, 2.45) is 5.92 Å². The molecule has 0 aromatic heterocycles. The molecule has 16 heteroatoms. The molecule has 43 heavy (non-hydrogen) atoms. The molecule has 3 aliphatic rings. The van der Waals surface area contributed by atoms with E-state index in [0.29, 0.717) is 0 Å². The third-order valence-corrected chi connectivity index (χ3v) is 6.49. The fourth-order valence-corrected chi connectivity index (χ4v) is 4.97. The topological polar surface area (TPSA) is 206 Å². The van der Waals surface area contributed by atoms with E-state index in [1.54, 1.807) is 0 Å². The SMILES string of the molecule is CC(=O)OCC1=CC(OC(C)=O)C2(O)C=COC(OC3OC(COC(C)=O)C(OC(C)=O)C(OC(C)=O)C3OC(C)=O)C12. The van der Waals surface area contributed by atoms with E-state index < -0.39 is 97.0 Å². The molecule has 2 heterocycles. The van der Waals surface area contributed by atoms with Crippen LogP contribution in [0.4, 0.5) is 0 Å². The van der Waals surface area contributed by atoms with Crippen LogP contribution in [-0.2, 0) is 71.4 Å². The minimum atomic E-state index is -1.94. The van der Waals surface area contributed by atoms with Crippen molar-refractivity contribution in [3.8, 4) is 0 Å². The zero-order valence-electron chi connectivity index (χ0n) is 24.3. The Hall–Kier alpha value is -4.02. The highest BCUT2D eigenvalue weighted by Gasteiger charge is 2.59. The molecule has 1 saturated heterocycles. The monoisotopic (exact) mass is 614 g/mol. The predicted octanol–water partition coefficient (Wildman–Crippen LogP) is -0.262. The molecule has 1 aliphatic carbocycles. The molecule has 238 valence electrons. The maximum absolute atomic E-state index is 12.1. The number of hydrogen-bond donors (Lipinski definition) is 1. The molecular formula is C27H34O16. The minimum absolute atomic E-state index is 0.254. The lowest BCUT2D eigenvalue weighted by Crippen LogP contribution is -2.64. The maximum atomic E-state index is 12.1. The minimum Gasteiger partial charge on any atom is -0.472 e. The summed E-state index contributed by atoms with van der Waals surface area (Å²) in [6.45, 7) is 5.82. The van der Waals surface area contributed by atoms with Gasteiger partial charge in [0.05, 0.1) is 12.2 Å². The van der Waals surface area contributed by atoms with Gasteiger partial charge < -0.3 is 47.7 Å². The third-order valence-electron chi connectivity index (χ3n) is 6.49. The summed E-state index contributed by atoms with van der Waals surface area (Å²) in [5.74, 6) is -5.73. The lowest BCUT2D eigenvalue weighted by atomic mass is 9.83. The summed E-state index contributed by atoms with van der Waals surface area (Å²) in [6, 6.07) is 0. The van der Waals surface area contributed by atoms with Gasteiger partial charge in [0.2, 0.25) is 12.6 Å². The number of carbonyl (C=O) groups excluding carboxylic acids is 6. The van der Waals surface area contributed by atoms with Gasteiger partial charge in [-0.1, -0.05) is 0 Å². The summed E-state index contributed by atoms with van der Waals surface area (Å²) >= 11 is 0. The highest BCUT2D eigenvalue weighted by molar-refractivity contribution is 5.69. The Labute approximate surface area is 246 Å². The summed E-state index contributed by atoms with van der Waals surface area (Å²) in [7, 11) is 0. The Morgan fingerprint density at radius 2 is 1.30 bits per heavy atom. The molecule has 1 N–H and O–H groups in total. The molecule has 1 fully saturated rings. The van der Waals surface area contributed by atoms with Gasteiger partial charge in [-0.3, -0.25) is 28.8 Å². The standard InChI is InChI=1S/C27H34O16/c1-12(28)36-10-18-9-20(38-14(3)30)27(34)7-8-35-25(21(18)27)43-26-24(41-17(6)33)23(40-16(5)32)22(39-15(4)31)19(42-26)11-37-13(2)29/h7-9,19-26,34H,10-11H2,1-6H3. The number of esters is 6. The molecule has 9 atom stereocenters. The molecular weight excluding hydrogens is 580 g/mol. The van der Waals surface area contributed by atoms with Crippen LogP contribution in [0.3, 0.4) is 0 Å². The van der Waals surface area contributed by atoms with Crippen LogP contribution in [0, 0.1) is 5.92 Å². The van der Waals surface area contributed by atoms with Crippen LogP contribution in [0.2, 0.25) is 0 Å². The van der Waals surface area contributed by atoms with Crippen molar-refractivity contribution in [3.05, 3.63) is 24.0 Å². The number of aliphatic hydroxyl groups is 1. The van der Waals surface area contributed by atoms with Crippen molar-refractivity contribution < 1.29 is 76.5 Å². The molecule has 0 radical (unpaired) electrons. The molecule has 16 nitrogen and oxygen atoms in total. The molecule has 0 aromatic carbocycles. The Morgan fingerprint density at radius 3 is 1.86 bits per heavy atom. The Bertz CT molecular complexity index is 1180. The van der Waals surface area contributed by atoms with E-state index in [4.69, 9.17) is 42.6 Å². The summed E-state index contributed by atoms with van der Waals surface area (Å²) < 4.78 is 49.3. The molecule has 0 spiro atoms. The lowest BCUT2D eigenvalue weighted by Gasteiger charge is -2.46. The van der Waals surface area contributed by atoms with Crippen molar-refractivity contribution in [1.82, 2.24) is 0 Å². The number of carbonyl (C=O) groups is 6. The first kappa shape index (κ1) is 33.5. The quantitative estimate of drug-likeness (QED) is 0.191. The van der Waals surface area contributed by atoms with Crippen LogP contribution >= 0.6 is 0 Å². The lowest BCUT2D eigenvalue weighted by molar-refractivity contribution is -0.346. The summed E-state index contributed by atoms with van der Waals surface area (Å²) in [5, 5.41) is 11.6. The van der Waals surface area contributed by atoms with E-state index in [-0.39, 0.29) is 12.2 Å². The maximum Gasteiger partial charge on any atom is 0.303 e. The van der Waals surface area contributed by atoms with Gasteiger partial charge in [-0.2, -0.15) is 0 Å². The largest absolute Gasteiger partial charge is 0.472 e. The van der Waals surface area contributed by atoms with Gasteiger partial charge in [0.25, 0.3) is 0 Å². The summed E-state index contributed by atoms with van der Waals surface area (Å²) in [4.78, 5) is 71.2. The van der Waals surface area contributed by atoms with E-state index in [2.05, 4.69) is 0 Å². The Balaban J connectivity index is 2.03. The Kier molecular flexibility index (Phi) is 10.9. The highest BCUT2D eigenvalue weighted by Crippen LogP contribution is 2.45. The molecule has 0 saturated carbocycles. The number of ether oxygens (including phenoxy) is 9. The van der Waals surface area contributed by atoms with Crippen molar-refractivity contribution in [2.75, 3.05) is 13.2 Å². The smallest absolute Gasteiger partial charge is 0.303 e. The van der Waals surface area contributed by atoms with Crippen LogP contribution in [-0.4, -0.2) is 103 Å². The van der Waals surface area contributed by atoms with Crippen molar-refractivity contribution in [1.29, 1.82) is 0 Å². The van der Waals surface area contributed by atoms with Crippen molar-refractivity contribution in [2.45, 2.75) is 90.2 Å². The van der Waals surface area contributed by atoms with Crippen LogP contribution < -0.4 is 0 Å². The second-order valence-corrected chi connectivity index (χ2v) is 9.93. The molecule has 9 unspecified atom stereocenters.